The number of fused-ring (bicyclic) bond motifs is 2. The third-order valence-corrected chi connectivity index (χ3v) is 7.47. The minimum atomic E-state index is -0.353. The van der Waals surface area contributed by atoms with Crippen molar-refractivity contribution in [3.63, 3.8) is 0 Å². The minimum absolute atomic E-state index is 0.0223. The van der Waals surface area contributed by atoms with Crippen molar-refractivity contribution < 1.29 is 9.84 Å². The molecule has 2 atom stereocenters. The van der Waals surface area contributed by atoms with E-state index in [1.165, 1.54) is 23.1 Å². The van der Waals surface area contributed by atoms with Crippen molar-refractivity contribution in [3.8, 4) is 5.75 Å². The Hall–Kier alpha value is -1.36. The number of nitrogens with zero attached hydrogens (tertiary/aromatic N) is 2. The normalized spacial score (nSPS) is 26.6. The second-order valence-corrected chi connectivity index (χ2v) is 9.69. The number of methoxy groups -OCH3 is 1. The molecule has 0 fully saturated rings. The zero-order valence-electron chi connectivity index (χ0n) is 19.3. The number of aliphatic hydroxyl groups excluding tert-OH is 1. The first-order valence-corrected chi connectivity index (χ1v) is 11.2. The molecule has 4 nitrogen and oxygen atoms in total. The first kappa shape index (κ1) is 22.3. The van der Waals surface area contributed by atoms with Gasteiger partial charge in [0.05, 0.1) is 13.2 Å². The Kier molecular flexibility index (Phi) is 6.77. The summed E-state index contributed by atoms with van der Waals surface area (Å²) >= 11 is 0. The van der Waals surface area contributed by atoms with E-state index >= 15 is 0 Å². The molecule has 1 unspecified atom stereocenters. The largest absolute Gasteiger partial charge is 0.496 e. The topological polar surface area (TPSA) is 35.9 Å². The van der Waals surface area contributed by atoms with Gasteiger partial charge in [0.2, 0.25) is 0 Å². The van der Waals surface area contributed by atoms with E-state index in [1.54, 1.807) is 7.11 Å². The molecule has 1 N–H and O–H groups in total. The molecule has 1 aliphatic carbocycles. The maximum absolute atomic E-state index is 10.4. The van der Waals surface area contributed by atoms with Crippen molar-refractivity contribution in [1.29, 1.82) is 0 Å². The second kappa shape index (κ2) is 8.79. The van der Waals surface area contributed by atoms with E-state index in [-0.39, 0.29) is 16.9 Å². The van der Waals surface area contributed by atoms with Crippen molar-refractivity contribution in [2.75, 3.05) is 40.3 Å². The summed E-state index contributed by atoms with van der Waals surface area (Å²) in [7, 11) is 3.96. The molecule has 0 saturated heterocycles. The van der Waals surface area contributed by atoms with Gasteiger partial charge >= 0.3 is 0 Å². The summed E-state index contributed by atoms with van der Waals surface area (Å²) in [6, 6.07) is 4.40. The van der Waals surface area contributed by atoms with Crippen LogP contribution in [0.25, 0.3) is 0 Å². The molecule has 1 spiro atoms. The summed E-state index contributed by atoms with van der Waals surface area (Å²) < 4.78 is 5.71. The first-order valence-electron chi connectivity index (χ1n) is 11.2. The monoisotopic (exact) mass is 400 g/mol. The molecule has 0 bridgehead atoms. The van der Waals surface area contributed by atoms with Crippen molar-refractivity contribution in [2.24, 2.45) is 5.41 Å². The highest BCUT2D eigenvalue weighted by molar-refractivity contribution is 5.53. The van der Waals surface area contributed by atoms with E-state index in [9.17, 15) is 5.11 Å². The Labute approximate surface area is 177 Å². The summed E-state index contributed by atoms with van der Waals surface area (Å²) in [5, 5.41) is 10.4. The number of hydrogen-bond acceptors (Lipinski definition) is 4. The third kappa shape index (κ3) is 4.26. The lowest BCUT2D eigenvalue weighted by atomic mass is 9.54. The van der Waals surface area contributed by atoms with Crippen LogP contribution in [0.3, 0.4) is 0 Å². The maximum Gasteiger partial charge on any atom is 0.122 e. The van der Waals surface area contributed by atoms with Crippen molar-refractivity contribution in [3.05, 3.63) is 41.0 Å². The number of benzene rings is 1. The van der Waals surface area contributed by atoms with Gasteiger partial charge in [-0.3, -0.25) is 4.90 Å². The fraction of sp³-hybridized carbons (Fsp3) is 0.680. The summed E-state index contributed by atoms with van der Waals surface area (Å²) in [6.07, 6.45) is 7.06. The van der Waals surface area contributed by atoms with Gasteiger partial charge in [-0.05, 0) is 87.6 Å². The number of hydrogen-bond donors (Lipinski definition) is 1. The lowest BCUT2D eigenvalue weighted by Crippen LogP contribution is -2.46. The molecule has 2 aliphatic rings. The Balaban J connectivity index is 2.00. The molecule has 3 rings (SSSR count). The van der Waals surface area contributed by atoms with Gasteiger partial charge in [0.25, 0.3) is 0 Å². The lowest BCUT2D eigenvalue weighted by Gasteiger charge is -2.50. The summed E-state index contributed by atoms with van der Waals surface area (Å²) in [5.74, 6) is 0.969. The predicted molar refractivity (Wildman–Crippen MR) is 121 cm³/mol. The smallest absolute Gasteiger partial charge is 0.122 e. The number of ether oxygens (including phenoxy) is 1. The SMILES string of the molecule is CCN(C)CCCN1CC[C@]2(C=CC(O)CC2(C)C)c2c(ccc(OC)c2C)C1. The number of aliphatic hydroxyl groups is 1. The average molecular weight is 401 g/mol. The summed E-state index contributed by atoms with van der Waals surface area (Å²) in [5.41, 5.74) is 4.00. The average Bonchev–Trinajstić information content (AvgIpc) is 2.83. The molecule has 0 aromatic heterocycles. The molecule has 0 radical (unpaired) electrons. The van der Waals surface area contributed by atoms with Gasteiger partial charge < -0.3 is 14.7 Å². The number of allylic oxidation sites excluding steroid dienone is 1. The van der Waals surface area contributed by atoms with Crippen LogP contribution in [0.5, 0.6) is 5.75 Å². The summed E-state index contributed by atoms with van der Waals surface area (Å²) in [6.45, 7) is 14.5. The fourth-order valence-electron chi connectivity index (χ4n) is 5.53. The van der Waals surface area contributed by atoms with Crippen molar-refractivity contribution in [2.45, 2.75) is 65.0 Å². The van der Waals surface area contributed by atoms with E-state index in [2.05, 4.69) is 62.8 Å². The Bertz CT molecular complexity index is 743. The van der Waals surface area contributed by atoms with Gasteiger partial charge in [0.1, 0.15) is 5.75 Å². The van der Waals surface area contributed by atoms with Crippen LogP contribution < -0.4 is 4.74 Å². The van der Waals surface area contributed by atoms with Gasteiger partial charge in [0.15, 0.2) is 0 Å². The van der Waals surface area contributed by atoms with Gasteiger partial charge in [-0.15, -0.1) is 0 Å². The third-order valence-electron chi connectivity index (χ3n) is 7.47. The predicted octanol–water partition coefficient (Wildman–Crippen LogP) is 4.14. The van der Waals surface area contributed by atoms with Crippen LogP contribution >= 0.6 is 0 Å². The molecule has 162 valence electrons. The highest BCUT2D eigenvalue weighted by Crippen LogP contribution is 2.54. The van der Waals surface area contributed by atoms with Crippen molar-refractivity contribution >= 4 is 0 Å². The zero-order valence-corrected chi connectivity index (χ0v) is 19.3. The molecule has 0 saturated carbocycles. The van der Waals surface area contributed by atoms with Gasteiger partial charge in [0, 0.05) is 12.0 Å². The quantitative estimate of drug-likeness (QED) is 0.728. The highest BCUT2D eigenvalue weighted by Gasteiger charge is 2.50. The van der Waals surface area contributed by atoms with E-state index in [0.29, 0.717) is 0 Å². The van der Waals surface area contributed by atoms with E-state index in [1.807, 2.05) is 6.08 Å². The minimum Gasteiger partial charge on any atom is -0.496 e. The van der Waals surface area contributed by atoms with Crippen LogP contribution in [0.2, 0.25) is 0 Å². The zero-order chi connectivity index (χ0) is 21.2. The molecular formula is C25H40N2O2. The first-order chi connectivity index (χ1) is 13.7. The van der Waals surface area contributed by atoms with Crippen LogP contribution in [0, 0.1) is 12.3 Å². The maximum atomic E-state index is 10.4. The van der Waals surface area contributed by atoms with Crippen LogP contribution in [-0.4, -0.2) is 61.3 Å². The van der Waals surface area contributed by atoms with Gasteiger partial charge in [-0.1, -0.05) is 39.0 Å². The molecule has 0 amide bonds. The molecule has 29 heavy (non-hydrogen) atoms. The molecule has 4 heteroatoms. The van der Waals surface area contributed by atoms with Gasteiger partial charge in [-0.2, -0.15) is 0 Å². The summed E-state index contributed by atoms with van der Waals surface area (Å²) in [4.78, 5) is 5.01. The van der Waals surface area contributed by atoms with Crippen LogP contribution in [0.15, 0.2) is 24.3 Å². The Morgan fingerprint density at radius 3 is 2.72 bits per heavy atom. The Morgan fingerprint density at radius 2 is 2.07 bits per heavy atom. The standard InChI is InChI=1S/C25H40N2O2/c1-7-26(5)14-8-15-27-16-13-25(12-11-21(28)17-24(25,3)4)23-19(2)22(29-6)10-9-20(23)18-27/h9-12,21,28H,7-8,13-18H2,1-6H3/t21?,25-/m1/s1. The van der Waals surface area contributed by atoms with E-state index in [0.717, 1.165) is 51.3 Å². The molecule has 1 aromatic rings. The van der Waals surface area contributed by atoms with Crippen molar-refractivity contribution in [1.82, 2.24) is 9.80 Å². The molecule has 1 aromatic carbocycles. The van der Waals surface area contributed by atoms with E-state index < -0.39 is 0 Å². The lowest BCUT2D eigenvalue weighted by molar-refractivity contribution is 0.0792. The molecular weight excluding hydrogens is 360 g/mol. The molecule has 1 heterocycles. The Morgan fingerprint density at radius 1 is 1.31 bits per heavy atom. The van der Waals surface area contributed by atoms with Crippen LogP contribution in [0.1, 0.15) is 56.7 Å². The highest BCUT2D eigenvalue weighted by atomic mass is 16.5. The second-order valence-electron chi connectivity index (χ2n) is 9.69. The molecule has 1 aliphatic heterocycles. The number of rotatable bonds is 6. The van der Waals surface area contributed by atoms with Crippen LogP contribution in [-0.2, 0) is 12.0 Å². The van der Waals surface area contributed by atoms with E-state index in [4.69, 9.17) is 4.74 Å². The fourth-order valence-corrected chi connectivity index (χ4v) is 5.53. The van der Waals surface area contributed by atoms with Gasteiger partial charge in [-0.25, -0.2) is 0 Å². The van der Waals surface area contributed by atoms with Crippen LogP contribution in [0.4, 0.5) is 0 Å².